The number of esters is 1. The summed E-state index contributed by atoms with van der Waals surface area (Å²) in [5.41, 5.74) is 3.00. The number of alkyl halides is 1. The van der Waals surface area contributed by atoms with E-state index in [-0.39, 0.29) is 12.4 Å². The van der Waals surface area contributed by atoms with Crippen LogP contribution in [0.25, 0.3) is 11.1 Å². The van der Waals surface area contributed by atoms with Gasteiger partial charge in [-0.25, -0.2) is 4.39 Å². The highest BCUT2D eigenvalue weighted by atomic mass is 35.5. The van der Waals surface area contributed by atoms with Gasteiger partial charge in [-0.1, -0.05) is 35.9 Å². The van der Waals surface area contributed by atoms with Crippen LogP contribution in [0.4, 0.5) is 4.39 Å². The minimum absolute atomic E-state index is 0.147. The zero-order valence-electron chi connectivity index (χ0n) is 14.8. The van der Waals surface area contributed by atoms with Gasteiger partial charge in [0.2, 0.25) is 0 Å². The molecule has 2 aromatic carbocycles. The summed E-state index contributed by atoms with van der Waals surface area (Å²) >= 11 is 6.53. The Morgan fingerprint density at radius 2 is 1.92 bits per heavy atom. The topological polar surface area (TPSA) is 35.5 Å². The summed E-state index contributed by atoms with van der Waals surface area (Å²) in [7, 11) is 0. The number of benzene rings is 2. The molecule has 1 fully saturated rings. The van der Waals surface area contributed by atoms with Gasteiger partial charge in [0.05, 0.1) is 24.7 Å². The Balaban J connectivity index is 1.93. The molecule has 138 valence electrons. The van der Waals surface area contributed by atoms with Gasteiger partial charge < -0.3 is 9.47 Å². The van der Waals surface area contributed by atoms with Crippen molar-refractivity contribution in [1.29, 1.82) is 0 Å². The molecule has 0 bridgehead atoms. The van der Waals surface area contributed by atoms with Gasteiger partial charge >= 0.3 is 5.97 Å². The van der Waals surface area contributed by atoms with Crippen LogP contribution in [0.15, 0.2) is 36.4 Å². The number of hydrogen-bond acceptors (Lipinski definition) is 3. The molecule has 0 aliphatic heterocycles. The van der Waals surface area contributed by atoms with Gasteiger partial charge in [-0.3, -0.25) is 4.79 Å². The first-order chi connectivity index (χ1) is 12.6. The maximum Gasteiger partial charge on any atom is 0.310 e. The molecule has 26 heavy (non-hydrogen) atoms. The van der Waals surface area contributed by atoms with Crippen molar-refractivity contribution in [1.82, 2.24) is 0 Å². The predicted octanol–water partition coefficient (Wildman–Crippen LogP) is 5.37. The Hall–Kier alpha value is -2.07. The third-order valence-electron chi connectivity index (χ3n) is 4.34. The molecule has 1 aliphatic carbocycles. The largest absolute Gasteiger partial charge is 0.493 e. The van der Waals surface area contributed by atoms with Crippen LogP contribution in [0, 0.1) is 5.92 Å². The number of halogens is 2. The van der Waals surface area contributed by atoms with Crippen LogP contribution in [-0.4, -0.2) is 19.2 Å². The van der Waals surface area contributed by atoms with E-state index in [9.17, 15) is 9.18 Å². The third kappa shape index (κ3) is 4.76. The van der Waals surface area contributed by atoms with Crippen molar-refractivity contribution in [2.24, 2.45) is 5.92 Å². The fraction of sp³-hybridized carbons (Fsp3) is 0.381. The van der Waals surface area contributed by atoms with E-state index >= 15 is 0 Å². The van der Waals surface area contributed by atoms with Gasteiger partial charge in [0.1, 0.15) is 12.4 Å². The van der Waals surface area contributed by atoms with E-state index in [1.54, 1.807) is 25.1 Å². The van der Waals surface area contributed by atoms with Crippen LogP contribution in [0.2, 0.25) is 5.02 Å². The Morgan fingerprint density at radius 1 is 1.19 bits per heavy atom. The van der Waals surface area contributed by atoms with Crippen molar-refractivity contribution in [3.05, 3.63) is 52.5 Å². The molecule has 0 aromatic heterocycles. The molecule has 0 N–H and O–H groups in total. The van der Waals surface area contributed by atoms with Crippen LogP contribution >= 0.6 is 11.6 Å². The van der Waals surface area contributed by atoms with E-state index in [2.05, 4.69) is 0 Å². The summed E-state index contributed by atoms with van der Waals surface area (Å²) in [5, 5.41) is 0.505. The average molecular weight is 377 g/mol. The summed E-state index contributed by atoms with van der Waals surface area (Å²) in [5.74, 6) is 0.942. The number of carbonyl (C=O) groups is 1. The minimum Gasteiger partial charge on any atom is -0.493 e. The van der Waals surface area contributed by atoms with E-state index in [0.717, 1.165) is 16.7 Å². The van der Waals surface area contributed by atoms with Gasteiger partial charge in [0.15, 0.2) is 0 Å². The molecule has 2 aromatic rings. The SMILES string of the molecule is CCOC(=O)Cc1cc(Cl)c(-c2ccc(CF)cc2)c(OCC2CC2)c1. The van der Waals surface area contributed by atoms with Gasteiger partial charge in [-0.2, -0.15) is 0 Å². The van der Waals surface area contributed by atoms with Crippen LogP contribution in [-0.2, 0) is 22.6 Å². The molecule has 5 heteroatoms. The summed E-state index contributed by atoms with van der Waals surface area (Å²) in [6, 6.07) is 10.8. The van der Waals surface area contributed by atoms with E-state index in [1.807, 2.05) is 18.2 Å². The predicted molar refractivity (Wildman–Crippen MR) is 100 cm³/mol. The molecular formula is C21H22ClFO3. The van der Waals surface area contributed by atoms with Crippen LogP contribution in [0.3, 0.4) is 0 Å². The van der Waals surface area contributed by atoms with E-state index < -0.39 is 6.67 Å². The lowest BCUT2D eigenvalue weighted by Gasteiger charge is -2.16. The normalized spacial score (nSPS) is 13.5. The number of carbonyl (C=O) groups excluding carboxylic acids is 1. The molecule has 0 saturated heterocycles. The van der Waals surface area contributed by atoms with Gasteiger partial charge in [-0.15, -0.1) is 0 Å². The number of ether oxygens (including phenoxy) is 2. The summed E-state index contributed by atoms with van der Waals surface area (Å²) in [6.07, 6.45) is 2.50. The van der Waals surface area contributed by atoms with Crippen molar-refractivity contribution in [2.75, 3.05) is 13.2 Å². The quantitative estimate of drug-likeness (QED) is 0.581. The first-order valence-electron chi connectivity index (χ1n) is 8.86. The molecule has 0 heterocycles. The lowest BCUT2D eigenvalue weighted by Crippen LogP contribution is -2.08. The van der Waals surface area contributed by atoms with Gasteiger partial charge in [0.25, 0.3) is 0 Å². The molecule has 0 amide bonds. The summed E-state index contributed by atoms with van der Waals surface area (Å²) < 4.78 is 23.8. The maximum absolute atomic E-state index is 12.8. The van der Waals surface area contributed by atoms with Crippen molar-refractivity contribution in [3.63, 3.8) is 0 Å². The fourth-order valence-corrected chi connectivity index (χ4v) is 3.10. The Kier molecular flexibility index (Phi) is 6.15. The second kappa shape index (κ2) is 8.54. The summed E-state index contributed by atoms with van der Waals surface area (Å²) in [4.78, 5) is 11.8. The highest BCUT2D eigenvalue weighted by Crippen LogP contribution is 2.39. The molecule has 0 spiro atoms. The highest BCUT2D eigenvalue weighted by molar-refractivity contribution is 6.33. The molecular weight excluding hydrogens is 355 g/mol. The van der Waals surface area contributed by atoms with Crippen LogP contribution in [0.5, 0.6) is 5.75 Å². The van der Waals surface area contributed by atoms with Gasteiger partial charge in [-0.05, 0) is 54.5 Å². The van der Waals surface area contributed by atoms with Crippen molar-refractivity contribution >= 4 is 17.6 Å². The minimum atomic E-state index is -0.502. The van der Waals surface area contributed by atoms with E-state index in [4.69, 9.17) is 21.1 Å². The summed E-state index contributed by atoms with van der Waals surface area (Å²) in [6.45, 7) is 2.25. The monoisotopic (exact) mass is 376 g/mol. The van der Waals surface area contributed by atoms with Crippen molar-refractivity contribution < 1.29 is 18.7 Å². The fourth-order valence-electron chi connectivity index (χ4n) is 2.76. The Labute approximate surface area is 158 Å². The lowest BCUT2D eigenvalue weighted by atomic mass is 10.00. The van der Waals surface area contributed by atoms with Crippen molar-refractivity contribution in [3.8, 4) is 16.9 Å². The number of hydrogen-bond donors (Lipinski definition) is 0. The van der Waals surface area contributed by atoms with Crippen LogP contribution in [0.1, 0.15) is 30.9 Å². The molecule has 0 unspecified atom stereocenters. The standard InChI is InChI=1S/C21H22ClFO3/c1-2-25-20(24)11-16-9-18(22)21(17-7-5-14(12-23)6-8-17)19(10-16)26-13-15-3-4-15/h5-10,15H,2-4,11-13H2,1H3. The molecule has 1 aliphatic rings. The smallest absolute Gasteiger partial charge is 0.310 e. The Bertz CT molecular complexity index is 770. The molecule has 3 nitrogen and oxygen atoms in total. The maximum atomic E-state index is 12.8. The average Bonchev–Trinajstić information content (AvgIpc) is 3.44. The second-order valence-electron chi connectivity index (χ2n) is 6.52. The first kappa shape index (κ1) is 18.7. The molecule has 1 saturated carbocycles. The molecule has 3 rings (SSSR count). The van der Waals surface area contributed by atoms with Crippen LogP contribution < -0.4 is 4.74 Å². The van der Waals surface area contributed by atoms with E-state index in [1.165, 1.54) is 12.8 Å². The highest BCUT2D eigenvalue weighted by Gasteiger charge is 2.23. The lowest BCUT2D eigenvalue weighted by molar-refractivity contribution is -0.142. The zero-order valence-corrected chi connectivity index (χ0v) is 15.5. The zero-order chi connectivity index (χ0) is 18.5. The molecule has 0 atom stereocenters. The van der Waals surface area contributed by atoms with Crippen molar-refractivity contribution in [2.45, 2.75) is 32.9 Å². The first-order valence-corrected chi connectivity index (χ1v) is 9.24. The Morgan fingerprint density at radius 3 is 2.54 bits per heavy atom. The second-order valence-corrected chi connectivity index (χ2v) is 6.92. The number of rotatable bonds is 8. The van der Waals surface area contributed by atoms with Gasteiger partial charge in [0, 0.05) is 5.56 Å². The third-order valence-corrected chi connectivity index (χ3v) is 4.63. The van der Waals surface area contributed by atoms with E-state index in [0.29, 0.717) is 35.5 Å². The molecule has 0 radical (unpaired) electrons.